The first-order valence-electron chi connectivity index (χ1n) is 5.97. The zero-order chi connectivity index (χ0) is 12.7. The van der Waals surface area contributed by atoms with Crippen LogP contribution in [0, 0.1) is 6.92 Å². The molecule has 1 aliphatic heterocycles. The van der Waals surface area contributed by atoms with E-state index < -0.39 is 0 Å². The SMILES string of the molecule is Cc1nc(-c2ccc3c(c2)CCC(=O)N3C)cs1. The molecule has 1 aliphatic rings. The summed E-state index contributed by atoms with van der Waals surface area (Å²) in [5.74, 6) is 0.194. The average molecular weight is 258 g/mol. The summed E-state index contributed by atoms with van der Waals surface area (Å²) >= 11 is 1.66. The van der Waals surface area contributed by atoms with E-state index in [1.807, 2.05) is 26.1 Å². The second kappa shape index (κ2) is 4.21. The third-order valence-electron chi connectivity index (χ3n) is 3.34. The number of benzene rings is 1. The summed E-state index contributed by atoms with van der Waals surface area (Å²) in [6.45, 7) is 2.01. The highest BCUT2D eigenvalue weighted by Crippen LogP contribution is 2.31. The van der Waals surface area contributed by atoms with Gasteiger partial charge in [0, 0.05) is 30.1 Å². The Morgan fingerprint density at radius 1 is 1.33 bits per heavy atom. The van der Waals surface area contributed by atoms with Crippen LogP contribution in [0.1, 0.15) is 17.0 Å². The Kier molecular flexibility index (Phi) is 2.67. The minimum absolute atomic E-state index is 0.194. The van der Waals surface area contributed by atoms with Gasteiger partial charge in [-0.1, -0.05) is 6.07 Å². The zero-order valence-electron chi connectivity index (χ0n) is 10.4. The lowest BCUT2D eigenvalue weighted by molar-refractivity contribution is -0.118. The molecule has 0 aliphatic carbocycles. The van der Waals surface area contributed by atoms with Crippen LogP contribution >= 0.6 is 11.3 Å². The molecule has 18 heavy (non-hydrogen) atoms. The van der Waals surface area contributed by atoms with Crippen molar-refractivity contribution in [3.63, 3.8) is 0 Å². The molecule has 1 aromatic carbocycles. The summed E-state index contributed by atoms with van der Waals surface area (Å²) in [7, 11) is 1.84. The van der Waals surface area contributed by atoms with Crippen LogP contribution in [0.15, 0.2) is 23.6 Å². The molecular formula is C14H14N2OS. The van der Waals surface area contributed by atoms with Gasteiger partial charge < -0.3 is 4.90 Å². The maximum Gasteiger partial charge on any atom is 0.227 e. The molecular weight excluding hydrogens is 244 g/mol. The van der Waals surface area contributed by atoms with E-state index in [2.05, 4.69) is 16.4 Å². The van der Waals surface area contributed by atoms with Crippen molar-refractivity contribution in [3.05, 3.63) is 34.2 Å². The molecule has 1 amide bonds. The Hall–Kier alpha value is -1.68. The lowest BCUT2D eigenvalue weighted by Crippen LogP contribution is -2.30. The highest BCUT2D eigenvalue weighted by Gasteiger charge is 2.21. The van der Waals surface area contributed by atoms with Gasteiger partial charge in [0.05, 0.1) is 10.7 Å². The van der Waals surface area contributed by atoms with Crippen LogP contribution in [-0.4, -0.2) is 17.9 Å². The molecule has 0 atom stereocenters. The number of hydrogen-bond acceptors (Lipinski definition) is 3. The highest BCUT2D eigenvalue weighted by molar-refractivity contribution is 7.09. The largest absolute Gasteiger partial charge is 0.315 e. The minimum Gasteiger partial charge on any atom is -0.315 e. The number of thiazole rings is 1. The second-order valence-electron chi connectivity index (χ2n) is 4.55. The molecule has 0 unspecified atom stereocenters. The molecule has 3 nitrogen and oxygen atoms in total. The van der Waals surface area contributed by atoms with E-state index in [1.165, 1.54) is 5.56 Å². The number of aromatic nitrogens is 1. The fraction of sp³-hybridized carbons (Fsp3) is 0.286. The quantitative estimate of drug-likeness (QED) is 0.787. The molecule has 0 saturated heterocycles. The van der Waals surface area contributed by atoms with Crippen LogP contribution in [-0.2, 0) is 11.2 Å². The van der Waals surface area contributed by atoms with Crippen molar-refractivity contribution < 1.29 is 4.79 Å². The summed E-state index contributed by atoms with van der Waals surface area (Å²) in [6.07, 6.45) is 1.43. The van der Waals surface area contributed by atoms with Crippen LogP contribution in [0.2, 0.25) is 0 Å². The van der Waals surface area contributed by atoms with Crippen LogP contribution in [0.5, 0.6) is 0 Å². The van der Waals surface area contributed by atoms with Crippen molar-refractivity contribution in [1.29, 1.82) is 0 Å². The minimum atomic E-state index is 0.194. The van der Waals surface area contributed by atoms with E-state index in [4.69, 9.17) is 0 Å². The van der Waals surface area contributed by atoms with E-state index in [9.17, 15) is 4.79 Å². The molecule has 92 valence electrons. The maximum atomic E-state index is 11.6. The summed E-state index contributed by atoms with van der Waals surface area (Å²) in [4.78, 5) is 17.9. The highest BCUT2D eigenvalue weighted by atomic mass is 32.1. The molecule has 0 fully saturated rings. The number of rotatable bonds is 1. The second-order valence-corrected chi connectivity index (χ2v) is 5.61. The van der Waals surface area contributed by atoms with Crippen molar-refractivity contribution in [1.82, 2.24) is 4.98 Å². The van der Waals surface area contributed by atoms with E-state index >= 15 is 0 Å². The Morgan fingerprint density at radius 2 is 2.17 bits per heavy atom. The Bertz CT molecular complexity index is 618. The van der Waals surface area contributed by atoms with Crippen LogP contribution < -0.4 is 4.90 Å². The molecule has 0 spiro atoms. The number of carbonyl (C=O) groups excluding carboxylic acids is 1. The molecule has 2 heterocycles. The number of aryl methyl sites for hydroxylation is 2. The van der Waals surface area contributed by atoms with E-state index in [0.717, 1.165) is 28.4 Å². The monoisotopic (exact) mass is 258 g/mol. The number of amides is 1. The molecule has 1 aromatic heterocycles. The van der Waals surface area contributed by atoms with Crippen molar-refractivity contribution in [3.8, 4) is 11.3 Å². The van der Waals surface area contributed by atoms with Crippen LogP contribution in [0.4, 0.5) is 5.69 Å². The van der Waals surface area contributed by atoms with Gasteiger partial charge in [-0.25, -0.2) is 4.98 Å². The van der Waals surface area contributed by atoms with Gasteiger partial charge in [0.25, 0.3) is 0 Å². The fourth-order valence-electron chi connectivity index (χ4n) is 2.31. The molecule has 2 aromatic rings. The molecule has 4 heteroatoms. The molecule has 0 saturated carbocycles. The third-order valence-corrected chi connectivity index (χ3v) is 4.11. The van der Waals surface area contributed by atoms with Gasteiger partial charge in [-0.3, -0.25) is 4.79 Å². The topological polar surface area (TPSA) is 33.2 Å². The summed E-state index contributed by atoms with van der Waals surface area (Å²) in [6, 6.07) is 6.23. The van der Waals surface area contributed by atoms with E-state index in [0.29, 0.717) is 6.42 Å². The first kappa shape index (κ1) is 11.4. The Morgan fingerprint density at radius 3 is 2.89 bits per heavy atom. The summed E-state index contributed by atoms with van der Waals surface area (Å²) in [5, 5.41) is 3.16. The van der Waals surface area contributed by atoms with Gasteiger partial charge in [-0.15, -0.1) is 11.3 Å². The van der Waals surface area contributed by atoms with E-state index in [-0.39, 0.29) is 5.91 Å². The molecule has 0 N–H and O–H groups in total. The van der Waals surface area contributed by atoms with Crippen molar-refractivity contribution in [2.75, 3.05) is 11.9 Å². The lowest BCUT2D eigenvalue weighted by Gasteiger charge is -2.26. The molecule has 0 radical (unpaired) electrons. The van der Waals surface area contributed by atoms with Gasteiger partial charge in [0.15, 0.2) is 0 Å². The van der Waals surface area contributed by atoms with Gasteiger partial charge in [-0.05, 0) is 31.0 Å². The predicted octanol–water partition coefficient (Wildman–Crippen LogP) is 3.03. The third kappa shape index (κ3) is 1.82. The number of fused-ring (bicyclic) bond motifs is 1. The van der Waals surface area contributed by atoms with Crippen molar-refractivity contribution in [2.45, 2.75) is 19.8 Å². The number of carbonyl (C=O) groups is 1. The van der Waals surface area contributed by atoms with Crippen LogP contribution in [0.3, 0.4) is 0 Å². The first-order valence-corrected chi connectivity index (χ1v) is 6.85. The van der Waals surface area contributed by atoms with Gasteiger partial charge >= 0.3 is 0 Å². The van der Waals surface area contributed by atoms with Crippen LogP contribution in [0.25, 0.3) is 11.3 Å². The number of hydrogen-bond donors (Lipinski definition) is 0. The van der Waals surface area contributed by atoms with Gasteiger partial charge in [0.1, 0.15) is 0 Å². The Labute approximate surface area is 110 Å². The Balaban J connectivity index is 2.04. The predicted molar refractivity (Wildman–Crippen MR) is 74.0 cm³/mol. The van der Waals surface area contributed by atoms with Gasteiger partial charge in [-0.2, -0.15) is 0 Å². The number of nitrogens with zero attached hydrogens (tertiary/aromatic N) is 2. The molecule has 0 bridgehead atoms. The van der Waals surface area contributed by atoms with Crippen molar-refractivity contribution in [2.24, 2.45) is 0 Å². The summed E-state index contributed by atoms with van der Waals surface area (Å²) in [5.41, 5.74) is 4.43. The molecule has 3 rings (SSSR count). The standard InChI is InChI=1S/C14H14N2OS/c1-9-15-12(8-18-9)10-3-5-13-11(7-10)4-6-14(17)16(13)2/h3,5,7-8H,4,6H2,1-2H3. The number of anilines is 1. The van der Waals surface area contributed by atoms with Crippen molar-refractivity contribution >= 4 is 22.9 Å². The average Bonchev–Trinajstić information content (AvgIpc) is 2.80. The zero-order valence-corrected chi connectivity index (χ0v) is 11.3. The maximum absolute atomic E-state index is 11.6. The fourth-order valence-corrected chi connectivity index (χ4v) is 2.93. The smallest absolute Gasteiger partial charge is 0.227 e. The normalized spacial score (nSPS) is 14.8. The summed E-state index contributed by atoms with van der Waals surface area (Å²) < 4.78 is 0. The first-order chi connectivity index (χ1) is 8.65. The van der Waals surface area contributed by atoms with E-state index in [1.54, 1.807) is 16.2 Å². The van der Waals surface area contributed by atoms with Gasteiger partial charge in [0.2, 0.25) is 5.91 Å². The lowest BCUT2D eigenvalue weighted by atomic mass is 9.98.